The molecular weight excluding hydrogens is 665 g/mol. The molecule has 0 radical (unpaired) electrons. The maximum absolute atomic E-state index is 13.7. The summed E-state index contributed by atoms with van der Waals surface area (Å²) in [4.78, 5) is 48.6. The molecule has 1 aromatic carbocycles. The van der Waals surface area contributed by atoms with Crippen LogP contribution in [0.5, 0.6) is 0 Å². The third-order valence-corrected chi connectivity index (χ3v) is 9.44. The molecule has 0 bridgehead atoms. The highest BCUT2D eigenvalue weighted by Crippen LogP contribution is 2.56. The Bertz CT molecular complexity index is 1710. The highest BCUT2D eigenvalue weighted by molar-refractivity contribution is 6.34. The average molecular weight is 698 g/mol. The van der Waals surface area contributed by atoms with E-state index in [4.69, 9.17) is 17.3 Å². The molecule has 48 heavy (non-hydrogen) atoms. The first-order chi connectivity index (χ1) is 22.6. The number of imidazole rings is 1. The first kappa shape index (κ1) is 33.6. The van der Waals surface area contributed by atoms with Crippen LogP contribution in [-0.2, 0) is 12.6 Å². The number of likely N-dealkylation sites (tertiary alicyclic amines) is 1. The Balaban J connectivity index is 1.05. The lowest BCUT2D eigenvalue weighted by molar-refractivity contribution is -0.141. The zero-order chi connectivity index (χ0) is 34.5. The van der Waals surface area contributed by atoms with E-state index in [1.54, 1.807) is 16.8 Å². The normalized spacial score (nSPS) is 22.2. The number of halogens is 6. The van der Waals surface area contributed by atoms with Gasteiger partial charge in [0.05, 0.1) is 16.5 Å². The molecule has 0 unspecified atom stereocenters. The highest BCUT2D eigenvalue weighted by atomic mass is 35.5. The predicted molar refractivity (Wildman–Crippen MR) is 163 cm³/mol. The summed E-state index contributed by atoms with van der Waals surface area (Å²) >= 11 is 6.43. The van der Waals surface area contributed by atoms with E-state index in [1.165, 1.54) is 18.2 Å². The lowest BCUT2D eigenvalue weighted by Crippen LogP contribution is -2.56. The van der Waals surface area contributed by atoms with Crippen molar-refractivity contribution in [3.05, 3.63) is 63.5 Å². The van der Waals surface area contributed by atoms with Gasteiger partial charge in [-0.05, 0) is 43.9 Å². The first-order valence-electron chi connectivity index (χ1n) is 15.4. The van der Waals surface area contributed by atoms with E-state index in [0.717, 1.165) is 19.0 Å². The standard InChI is InChI=1S/C30H33ClF5N9O3/c1-44(18-4-6-45(7-5-18)28(48)41-16-8-14(37)9-16)27(47)19-3-2-15(11-22(19)31)40-26(46)25-38-13-17(39-25)10-20-23(21-12-29(21,32)33)42-43-24(20)30(34,35)36/h2-3,11,13-14,16,18,21H,4-10,12,37H2,1H3,(H,38,39)(H,40,46)(H,41,48)(H,42,43)/t14?,16?,21-/m0/s1. The number of urea groups is 1. The van der Waals surface area contributed by atoms with Crippen LogP contribution in [0.25, 0.3) is 0 Å². The fourth-order valence-electron chi connectivity index (χ4n) is 6.18. The van der Waals surface area contributed by atoms with Crippen LogP contribution in [0.15, 0.2) is 24.4 Å². The Morgan fingerprint density at radius 3 is 2.48 bits per heavy atom. The Labute approximate surface area is 275 Å². The van der Waals surface area contributed by atoms with Crippen LogP contribution >= 0.6 is 11.6 Å². The Hall–Kier alpha value is -4.25. The average Bonchev–Trinajstić information content (AvgIpc) is 3.33. The summed E-state index contributed by atoms with van der Waals surface area (Å²) in [5, 5.41) is 11.0. The number of nitrogens with zero attached hydrogens (tertiary/aromatic N) is 4. The number of aromatic amines is 2. The molecule has 18 heteroatoms. The second-order valence-electron chi connectivity index (χ2n) is 12.6. The molecule has 0 spiro atoms. The minimum absolute atomic E-state index is 0.0735. The van der Waals surface area contributed by atoms with Gasteiger partial charge in [-0.1, -0.05) is 11.6 Å². The topological polar surface area (TPSA) is 165 Å². The van der Waals surface area contributed by atoms with Gasteiger partial charge in [0.15, 0.2) is 11.5 Å². The molecule has 3 fully saturated rings. The van der Waals surface area contributed by atoms with Gasteiger partial charge in [-0.15, -0.1) is 0 Å². The number of aromatic nitrogens is 4. The Morgan fingerprint density at radius 2 is 1.88 bits per heavy atom. The fraction of sp³-hybridized carbons (Fsp3) is 0.500. The number of nitrogens with two attached hydrogens (primary N) is 1. The largest absolute Gasteiger partial charge is 0.435 e. The molecular formula is C30H33ClF5N9O3. The van der Waals surface area contributed by atoms with Gasteiger partial charge in [0.1, 0.15) is 0 Å². The number of amides is 4. The molecule has 3 aliphatic rings. The summed E-state index contributed by atoms with van der Waals surface area (Å²) in [6.07, 6.45) is -2.09. The molecule has 1 aliphatic heterocycles. The maximum atomic E-state index is 13.7. The van der Waals surface area contributed by atoms with Gasteiger partial charge in [0, 0.05) is 79.9 Å². The van der Waals surface area contributed by atoms with Crippen molar-refractivity contribution in [2.75, 3.05) is 25.5 Å². The minimum Gasteiger partial charge on any atom is -0.339 e. The molecule has 4 amide bonds. The van der Waals surface area contributed by atoms with Crippen molar-refractivity contribution in [3.8, 4) is 0 Å². The van der Waals surface area contributed by atoms with Gasteiger partial charge in [0.25, 0.3) is 17.7 Å². The number of hydrogen-bond acceptors (Lipinski definition) is 6. The van der Waals surface area contributed by atoms with Crippen LogP contribution in [-0.4, -0.2) is 92.0 Å². The molecule has 6 N–H and O–H groups in total. The van der Waals surface area contributed by atoms with Crippen molar-refractivity contribution in [3.63, 3.8) is 0 Å². The second-order valence-corrected chi connectivity index (χ2v) is 13.0. The molecule has 2 aromatic heterocycles. The number of carbonyl (C=O) groups is 3. The zero-order valence-corrected chi connectivity index (χ0v) is 26.4. The molecule has 1 atom stereocenters. The molecule has 1 saturated heterocycles. The SMILES string of the molecule is CN(C(=O)c1ccc(NC(=O)c2ncc(Cc3c(C(F)(F)F)n[nH]c3[C@@H]3CC3(F)F)[nH]2)cc1Cl)C1CCN(C(=O)NC2CC(N)C2)CC1. The van der Waals surface area contributed by atoms with Crippen LogP contribution in [0.3, 0.4) is 0 Å². The molecule has 12 nitrogen and oxygen atoms in total. The van der Waals surface area contributed by atoms with E-state index in [2.05, 4.69) is 30.8 Å². The molecule has 2 aliphatic carbocycles. The number of rotatable bonds is 8. The Kier molecular flexibility index (Phi) is 8.87. The Morgan fingerprint density at radius 1 is 1.19 bits per heavy atom. The van der Waals surface area contributed by atoms with Crippen LogP contribution < -0.4 is 16.4 Å². The fourth-order valence-corrected chi connectivity index (χ4v) is 6.44. The summed E-state index contributed by atoms with van der Waals surface area (Å²) in [5.74, 6) is -5.85. The maximum Gasteiger partial charge on any atom is 0.435 e. The van der Waals surface area contributed by atoms with Crippen LogP contribution in [0, 0.1) is 0 Å². The molecule has 2 saturated carbocycles. The summed E-state index contributed by atoms with van der Waals surface area (Å²) < 4.78 is 68.0. The number of H-pyrrole nitrogens is 2. The molecule has 3 heterocycles. The summed E-state index contributed by atoms with van der Waals surface area (Å²) in [5.41, 5.74) is 4.24. The number of benzene rings is 1. The van der Waals surface area contributed by atoms with Gasteiger partial charge in [-0.25, -0.2) is 18.6 Å². The van der Waals surface area contributed by atoms with E-state index in [-0.39, 0.29) is 63.5 Å². The van der Waals surface area contributed by atoms with Crippen molar-refractivity contribution < 1.29 is 36.3 Å². The lowest BCUT2D eigenvalue weighted by atomic mass is 9.88. The number of hydrogen-bond donors (Lipinski definition) is 5. The lowest BCUT2D eigenvalue weighted by Gasteiger charge is -2.39. The van der Waals surface area contributed by atoms with Gasteiger partial charge >= 0.3 is 12.2 Å². The molecule has 6 rings (SSSR count). The van der Waals surface area contributed by atoms with Crippen molar-refractivity contribution in [1.29, 1.82) is 0 Å². The van der Waals surface area contributed by atoms with Crippen LogP contribution in [0.4, 0.5) is 32.4 Å². The van der Waals surface area contributed by atoms with Crippen molar-refractivity contribution >= 4 is 35.1 Å². The van der Waals surface area contributed by atoms with Gasteiger partial charge in [-0.2, -0.15) is 18.3 Å². The van der Waals surface area contributed by atoms with E-state index in [9.17, 15) is 36.3 Å². The summed E-state index contributed by atoms with van der Waals surface area (Å²) in [7, 11) is 1.67. The number of piperidine rings is 1. The second kappa shape index (κ2) is 12.7. The van der Waals surface area contributed by atoms with Gasteiger partial charge < -0.3 is 31.2 Å². The van der Waals surface area contributed by atoms with Crippen molar-refractivity contribution in [1.82, 2.24) is 35.3 Å². The highest BCUT2D eigenvalue weighted by Gasteiger charge is 2.60. The van der Waals surface area contributed by atoms with E-state index in [0.29, 0.717) is 25.9 Å². The summed E-state index contributed by atoms with van der Waals surface area (Å²) in [6.45, 7) is 0.979. The van der Waals surface area contributed by atoms with Crippen molar-refractivity contribution in [2.45, 2.75) is 74.7 Å². The molecule has 258 valence electrons. The van der Waals surface area contributed by atoms with E-state index >= 15 is 0 Å². The van der Waals surface area contributed by atoms with E-state index < -0.39 is 48.0 Å². The number of anilines is 1. The quantitative estimate of drug-likeness (QED) is 0.218. The summed E-state index contributed by atoms with van der Waals surface area (Å²) in [6, 6.07) is 4.30. The smallest absolute Gasteiger partial charge is 0.339 e. The zero-order valence-electron chi connectivity index (χ0n) is 25.6. The number of alkyl halides is 5. The minimum atomic E-state index is -4.88. The monoisotopic (exact) mass is 697 g/mol. The number of carbonyl (C=O) groups excluding carboxylic acids is 3. The van der Waals surface area contributed by atoms with E-state index in [1.807, 2.05) is 0 Å². The predicted octanol–water partition coefficient (Wildman–Crippen LogP) is 4.51. The third kappa shape index (κ3) is 6.97. The first-order valence-corrected chi connectivity index (χ1v) is 15.7. The van der Waals surface area contributed by atoms with Crippen LogP contribution in [0.1, 0.15) is 81.6 Å². The van der Waals surface area contributed by atoms with Gasteiger partial charge in [-0.3, -0.25) is 14.7 Å². The third-order valence-electron chi connectivity index (χ3n) is 9.13. The number of nitrogens with one attached hydrogen (secondary N) is 4. The van der Waals surface area contributed by atoms with Crippen LogP contribution in [0.2, 0.25) is 5.02 Å². The van der Waals surface area contributed by atoms with Crippen molar-refractivity contribution in [2.24, 2.45) is 5.73 Å². The molecule has 3 aromatic rings. The van der Waals surface area contributed by atoms with Gasteiger partial charge in [0.2, 0.25) is 0 Å².